The molecule has 0 spiro atoms. The quantitative estimate of drug-likeness (QED) is 0.908. The highest BCUT2D eigenvalue weighted by molar-refractivity contribution is 9.10. The van der Waals surface area contributed by atoms with Crippen molar-refractivity contribution in [2.75, 3.05) is 0 Å². The Balaban J connectivity index is 2.19. The molecule has 0 aliphatic carbocycles. The molecule has 2 rings (SSSR count). The second-order valence-corrected chi connectivity index (χ2v) is 6.68. The standard InChI is InChI=1S/C13H10BrF2NO2S/c14-10-3-1-2-9(6-10)8-17-20(18,19)13-5-4-11(15)7-12(13)16/h1-7,17H,8H2. The first-order chi connectivity index (χ1) is 9.38. The summed E-state index contributed by atoms with van der Waals surface area (Å²) in [4.78, 5) is -0.575. The number of halogens is 3. The molecule has 2 aromatic carbocycles. The first-order valence-corrected chi connectivity index (χ1v) is 7.85. The molecule has 0 bridgehead atoms. The smallest absolute Gasteiger partial charge is 0.207 e. The lowest BCUT2D eigenvalue weighted by Gasteiger charge is -2.08. The van der Waals surface area contributed by atoms with Gasteiger partial charge in [-0.3, -0.25) is 0 Å². The SMILES string of the molecule is O=S(=O)(NCc1cccc(Br)c1)c1ccc(F)cc1F. The zero-order chi connectivity index (χ0) is 14.8. The van der Waals surface area contributed by atoms with Gasteiger partial charge in [0.2, 0.25) is 10.0 Å². The minimum Gasteiger partial charge on any atom is -0.207 e. The third-order valence-corrected chi connectivity index (χ3v) is 4.47. The molecule has 3 nitrogen and oxygen atoms in total. The number of sulfonamides is 1. The van der Waals surface area contributed by atoms with Crippen LogP contribution in [0.5, 0.6) is 0 Å². The van der Waals surface area contributed by atoms with Crippen molar-refractivity contribution in [3.8, 4) is 0 Å². The summed E-state index contributed by atoms with van der Waals surface area (Å²) in [5.74, 6) is -1.94. The van der Waals surface area contributed by atoms with Gasteiger partial charge in [0.1, 0.15) is 16.5 Å². The Kier molecular flexibility index (Phi) is 4.52. The van der Waals surface area contributed by atoms with Crippen molar-refractivity contribution in [1.82, 2.24) is 4.72 Å². The Bertz CT molecular complexity index is 735. The van der Waals surface area contributed by atoms with Gasteiger partial charge in [-0.25, -0.2) is 21.9 Å². The van der Waals surface area contributed by atoms with Gasteiger partial charge in [-0.15, -0.1) is 0 Å². The van der Waals surface area contributed by atoms with Gasteiger partial charge >= 0.3 is 0 Å². The monoisotopic (exact) mass is 361 g/mol. The van der Waals surface area contributed by atoms with Gasteiger partial charge in [-0.1, -0.05) is 28.1 Å². The summed E-state index contributed by atoms with van der Waals surface area (Å²) in [6.07, 6.45) is 0. The van der Waals surface area contributed by atoms with E-state index in [-0.39, 0.29) is 6.54 Å². The van der Waals surface area contributed by atoms with Crippen LogP contribution in [0, 0.1) is 11.6 Å². The lowest BCUT2D eigenvalue weighted by Crippen LogP contribution is -2.24. The maximum Gasteiger partial charge on any atom is 0.243 e. The second kappa shape index (κ2) is 5.99. The van der Waals surface area contributed by atoms with Gasteiger partial charge in [0.05, 0.1) is 0 Å². The summed E-state index contributed by atoms with van der Waals surface area (Å²) >= 11 is 3.27. The van der Waals surface area contributed by atoms with E-state index in [0.29, 0.717) is 11.6 Å². The van der Waals surface area contributed by atoms with E-state index < -0.39 is 26.6 Å². The highest BCUT2D eigenvalue weighted by Gasteiger charge is 2.19. The molecule has 0 saturated carbocycles. The zero-order valence-electron chi connectivity index (χ0n) is 10.1. The topological polar surface area (TPSA) is 46.2 Å². The van der Waals surface area contributed by atoms with Gasteiger partial charge in [-0.05, 0) is 29.8 Å². The third-order valence-electron chi connectivity index (χ3n) is 2.54. The second-order valence-electron chi connectivity index (χ2n) is 4.03. The van der Waals surface area contributed by atoms with Gasteiger partial charge in [0.25, 0.3) is 0 Å². The molecule has 0 heterocycles. The molecule has 0 aromatic heterocycles. The third kappa shape index (κ3) is 3.62. The van der Waals surface area contributed by atoms with Crippen LogP contribution in [-0.4, -0.2) is 8.42 Å². The van der Waals surface area contributed by atoms with E-state index in [1.165, 1.54) is 0 Å². The van der Waals surface area contributed by atoms with Crippen molar-refractivity contribution in [1.29, 1.82) is 0 Å². The van der Waals surface area contributed by atoms with Crippen LogP contribution in [0.2, 0.25) is 0 Å². The van der Waals surface area contributed by atoms with E-state index in [0.717, 1.165) is 16.6 Å². The van der Waals surface area contributed by atoms with Crippen molar-refractivity contribution in [2.45, 2.75) is 11.4 Å². The predicted octanol–water partition coefficient (Wildman–Crippen LogP) is 3.21. The van der Waals surface area contributed by atoms with Crippen molar-refractivity contribution < 1.29 is 17.2 Å². The van der Waals surface area contributed by atoms with Crippen molar-refractivity contribution in [2.24, 2.45) is 0 Å². The average molecular weight is 362 g/mol. The highest BCUT2D eigenvalue weighted by Crippen LogP contribution is 2.16. The molecule has 106 valence electrons. The molecular formula is C13H10BrF2NO2S. The number of hydrogen-bond donors (Lipinski definition) is 1. The van der Waals surface area contributed by atoms with Crippen LogP contribution in [0.3, 0.4) is 0 Å². The molecule has 0 amide bonds. The summed E-state index contributed by atoms with van der Waals surface area (Å²) in [6, 6.07) is 9.36. The largest absolute Gasteiger partial charge is 0.243 e. The first kappa shape index (κ1) is 15.1. The number of rotatable bonds is 4. The molecule has 7 heteroatoms. The summed E-state index contributed by atoms with van der Waals surface area (Å²) in [5.41, 5.74) is 0.713. The summed E-state index contributed by atoms with van der Waals surface area (Å²) in [5, 5.41) is 0. The fraction of sp³-hybridized carbons (Fsp3) is 0.0769. The van der Waals surface area contributed by atoms with Crippen molar-refractivity contribution in [3.05, 3.63) is 64.1 Å². The predicted molar refractivity (Wildman–Crippen MR) is 74.5 cm³/mol. The van der Waals surface area contributed by atoms with Crippen LogP contribution in [0.1, 0.15) is 5.56 Å². The summed E-state index contributed by atoms with van der Waals surface area (Å²) in [6.45, 7) is 0.0125. The van der Waals surface area contributed by atoms with E-state index >= 15 is 0 Å². The van der Waals surface area contributed by atoms with E-state index in [1.807, 2.05) is 0 Å². The van der Waals surface area contributed by atoms with Gasteiger partial charge in [0, 0.05) is 17.1 Å². The van der Waals surface area contributed by atoms with Gasteiger partial charge < -0.3 is 0 Å². The normalized spacial score (nSPS) is 11.6. The maximum atomic E-state index is 13.5. The molecule has 0 radical (unpaired) electrons. The first-order valence-electron chi connectivity index (χ1n) is 5.58. The molecule has 0 fully saturated rings. The van der Waals surface area contributed by atoms with E-state index in [9.17, 15) is 17.2 Å². The molecular weight excluding hydrogens is 352 g/mol. The Labute approximate surface area is 123 Å². The van der Waals surface area contributed by atoms with Crippen LogP contribution in [0.15, 0.2) is 51.8 Å². The number of hydrogen-bond acceptors (Lipinski definition) is 2. The zero-order valence-corrected chi connectivity index (χ0v) is 12.5. The molecule has 1 N–H and O–H groups in total. The van der Waals surface area contributed by atoms with Crippen molar-refractivity contribution >= 4 is 26.0 Å². The Morgan fingerprint density at radius 3 is 2.50 bits per heavy atom. The highest BCUT2D eigenvalue weighted by atomic mass is 79.9. The lowest BCUT2D eigenvalue weighted by molar-refractivity contribution is 0.543. The minimum atomic E-state index is -4.03. The van der Waals surface area contributed by atoms with Crippen molar-refractivity contribution in [3.63, 3.8) is 0 Å². The average Bonchev–Trinajstić information content (AvgIpc) is 2.36. The van der Waals surface area contributed by atoms with Crippen LogP contribution >= 0.6 is 15.9 Å². The fourth-order valence-electron chi connectivity index (χ4n) is 1.60. The van der Waals surface area contributed by atoms with E-state index in [2.05, 4.69) is 20.7 Å². The maximum absolute atomic E-state index is 13.5. The molecule has 0 aliphatic heterocycles. The van der Waals surface area contributed by atoms with E-state index in [4.69, 9.17) is 0 Å². The van der Waals surface area contributed by atoms with Crippen LogP contribution < -0.4 is 4.72 Å². The minimum absolute atomic E-state index is 0.0125. The molecule has 0 aliphatic rings. The molecule has 2 aromatic rings. The summed E-state index contributed by atoms with van der Waals surface area (Å²) < 4.78 is 53.2. The number of benzene rings is 2. The van der Waals surface area contributed by atoms with Crippen LogP contribution in [-0.2, 0) is 16.6 Å². The number of nitrogens with one attached hydrogen (secondary N) is 1. The van der Waals surface area contributed by atoms with Gasteiger partial charge in [-0.2, -0.15) is 0 Å². The Hall–Kier alpha value is -1.31. The van der Waals surface area contributed by atoms with E-state index in [1.54, 1.807) is 24.3 Å². The molecule has 0 atom stereocenters. The Morgan fingerprint density at radius 2 is 1.85 bits per heavy atom. The molecule has 20 heavy (non-hydrogen) atoms. The lowest BCUT2D eigenvalue weighted by atomic mass is 10.2. The fourth-order valence-corrected chi connectivity index (χ4v) is 3.12. The van der Waals surface area contributed by atoms with Crippen LogP contribution in [0.25, 0.3) is 0 Å². The molecule has 0 saturated heterocycles. The molecule has 0 unspecified atom stereocenters. The summed E-state index contributed by atoms with van der Waals surface area (Å²) in [7, 11) is -4.03. The Morgan fingerprint density at radius 1 is 1.10 bits per heavy atom. The van der Waals surface area contributed by atoms with Crippen LogP contribution in [0.4, 0.5) is 8.78 Å². The van der Waals surface area contributed by atoms with Gasteiger partial charge in [0.15, 0.2) is 0 Å².